The number of piperazine rings is 1. The van der Waals surface area contributed by atoms with Crippen LogP contribution in [0.4, 0.5) is 15.8 Å². The van der Waals surface area contributed by atoms with Crippen molar-refractivity contribution < 1.29 is 14.0 Å². The van der Waals surface area contributed by atoms with Crippen LogP contribution in [0.5, 0.6) is 0 Å². The molecule has 0 aliphatic carbocycles. The molecule has 0 atom stereocenters. The van der Waals surface area contributed by atoms with Crippen molar-refractivity contribution in [2.45, 2.75) is 26.7 Å². The summed E-state index contributed by atoms with van der Waals surface area (Å²) in [5, 5.41) is 5.82. The molecular formula is C24H31FN4O2. The summed E-state index contributed by atoms with van der Waals surface area (Å²) in [7, 11) is 0. The summed E-state index contributed by atoms with van der Waals surface area (Å²) in [6.07, 6.45) is 0. The summed E-state index contributed by atoms with van der Waals surface area (Å²) in [5.74, 6) is -0.237. The topological polar surface area (TPSA) is 64.7 Å². The van der Waals surface area contributed by atoms with Gasteiger partial charge in [-0.05, 0) is 42.2 Å². The third-order valence-electron chi connectivity index (χ3n) is 5.50. The van der Waals surface area contributed by atoms with Gasteiger partial charge in [0, 0.05) is 37.6 Å². The molecule has 3 rings (SSSR count). The Morgan fingerprint density at radius 1 is 0.935 bits per heavy atom. The van der Waals surface area contributed by atoms with Crippen molar-refractivity contribution in [2.75, 3.05) is 49.9 Å². The zero-order chi connectivity index (χ0) is 22.4. The first-order valence-corrected chi connectivity index (χ1v) is 10.7. The van der Waals surface area contributed by atoms with E-state index in [9.17, 15) is 14.0 Å². The minimum atomic E-state index is -0.379. The summed E-state index contributed by atoms with van der Waals surface area (Å²) in [4.78, 5) is 29.0. The zero-order valence-electron chi connectivity index (χ0n) is 18.5. The first-order chi connectivity index (χ1) is 14.8. The maximum absolute atomic E-state index is 13.2. The minimum Gasteiger partial charge on any atom is -0.325 e. The second kappa shape index (κ2) is 10.5. The maximum Gasteiger partial charge on any atom is 0.238 e. The number of hydrogen-bond donors (Lipinski definition) is 2. The number of anilines is 2. The van der Waals surface area contributed by atoms with Crippen molar-refractivity contribution in [2.24, 2.45) is 0 Å². The lowest BCUT2D eigenvalue weighted by Gasteiger charge is -2.33. The number of nitrogens with zero attached hydrogens (tertiary/aromatic N) is 2. The smallest absolute Gasteiger partial charge is 0.238 e. The summed E-state index contributed by atoms with van der Waals surface area (Å²) in [6, 6.07) is 12.0. The first-order valence-electron chi connectivity index (χ1n) is 10.7. The second-order valence-electron chi connectivity index (χ2n) is 8.35. The first kappa shape index (κ1) is 22.9. The Balaban J connectivity index is 1.45. The van der Waals surface area contributed by atoms with Crippen molar-refractivity contribution in [1.29, 1.82) is 0 Å². The van der Waals surface area contributed by atoms with Crippen LogP contribution in [-0.4, -0.2) is 60.9 Å². The molecule has 2 aromatic rings. The number of amides is 2. The van der Waals surface area contributed by atoms with Crippen LogP contribution in [0.25, 0.3) is 0 Å². The molecule has 166 valence electrons. The molecule has 0 aromatic heterocycles. The number of halogens is 1. The molecule has 2 amide bonds. The van der Waals surface area contributed by atoms with Gasteiger partial charge in [0.15, 0.2) is 0 Å². The van der Waals surface area contributed by atoms with Crippen LogP contribution >= 0.6 is 0 Å². The molecule has 31 heavy (non-hydrogen) atoms. The van der Waals surface area contributed by atoms with E-state index in [1.165, 1.54) is 12.1 Å². The van der Waals surface area contributed by atoms with Crippen LogP contribution in [0, 0.1) is 12.7 Å². The number of hydrogen-bond acceptors (Lipinski definition) is 4. The van der Waals surface area contributed by atoms with Gasteiger partial charge in [-0.3, -0.25) is 19.4 Å². The van der Waals surface area contributed by atoms with E-state index in [1.807, 2.05) is 24.0 Å². The van der Waals surface area contributed by atoms with E-state index in [1.54, 1.807) is 12.1 Å². The van der Waals surface area contributed by atoms with E-state index < -0.39 is 0 Å². The molecule has 1 saturated heterocycles. The fraction of sp³-hybridized carbons (Fsp3) is 0.417. The molecular weight excluding hydrogens is 395 g/mol. The predicted octanol–water partition coefficient (Wildman–Crippen LogP) is 3.45. The lowest BCUT2D eigenvalue weighted by molar-refractivity contribution is -0.120. The van der Waals surface area contributed by atoms with Crippen LogP contribution in [-0.2, 0) is 9.59 Å². The molecule has 6 nitrogen and oxygen atoms in total. The number of carbonyl (C=O) groups is 2. The number of rotatable bonds is 7. The highest BCUT2D eigenvalue weighted by atomic mass is 19.1. The fourth-order valence-electron chi connectivity index (χ4n) is 3.80. The minimum absolute atomic E-state index is 0.0199. The van der Waals surface area contributed by atoms with E-state index in [2.05, 4.69) is 35.4 Å². The third-order valence-corrected chi connectivity index (χ3v) is 5.50. The lowest BCUT2D eigenvalue weighted by atomic mass is 9.98. The molecule has 1 fully saturated rings. The number of carbonyl (C=O) groups excluding carboxylic acids is 2. The standard InChI is InChI=1S/C24H31FN4O2/c1-17(2)21-9-4-6-18(3)24(21)27-23(31)16-29-12-10-28(11-13-29)15-22(30)26-20-8-5-7-19(25)14-20/h4-9,14,17H,10-13,15-16H2,1-3H3,(H,26,30)(H,27,31). The average molecular weight is 427 g/mol. The van der Waals surface area contributed by atoms with Crippen molar-refractivity contribution in [3.63, 3.8) is 0 Å². The molecule has 0 bridgehead atoms. The highest BCUT2D eigenvalue weighted by Crippen LogP contribution is 2.27. The summed E-state index contributed by atoms with van der Waals surface area (Å²) < 4.78 is 13.2. The van der Waals surface area contributed by atoms with Crippen molar-refractivity contribution in [1.82, 2.24) is 9.80 Å². The third kappa shape index (κ3) is 6.60. The Morgan fingerprint density at radius 2 is 1.52 bits per heavy atom. The monoisotopic (exact) mass is 426 g/mol. The maximum atomic E-state index is 13.2. The molecule has 0 radical (unpaired) electrons. The molecule has 1 heterocycles. The zero-order valence-corrected chi connectivity index (χ0v) is 18.5. The van der Waals surface area contributed by atoms with Gasteiger partial charge in [-0.25, -0.2) is 4.39 Å². The van der Waals surface area contributed by atoms with Crippen LogP contribution in [0.2, 0.25) is 0 Å². The molecule has 0 saturated carbocycles. The summed E-state index contributed by atoms with van der Waals surface area (Å²) >= 11 is 0. The Kier molecular flexibility index (Phi) is 7.76. The molecule has 2 aromatic carbocycles. The highest BCUT2D eigenvalue weighted by molar-refractivity contribution is 5.94. The molecule has 1 aliphatic heterocycles. The second-order valence-corrected chi connectivity index (χ2v) is 8.35. The Hall–Kier alpha value is -2.77. The van der Waals surface area contributed by atoms with Crippen molar-refractivity contribution in [3.8, 4) is 0 Å². The van der Waals surface area contributed by atoms with E-state index in [0.29, 0.717) is 44.3 Å². The van der Waals surface area contributed by atoms with E-state index in [0.717, 1.165) is 16.8 Å². The highest BCUT2D eigenvalue weighted by Gasteiger charge is 2.21. The number of para-hydroxylation sites is 1. The van der Waals surface area contributed by atoms with Gasteiger partial charge in [0.2, 0.25) is 11.8 Å². The van der Waals surface area contributed by atoms with Crippen LogP contribution in [0.1, 0.15) is 30.9 Å². The Labute approximate surface area is 183 Å². The van der Waals surface area contributed by atoms with Gasteiger partial charge in [-0.2, -0.15) is 0 Å². The number of aryl methyl sites for hydroxylation is 1. The van der Waals surface area contributed by atoms with Gasteiger partial charge in [0.1, 0.15) is 5.82 Å². The average Bonchev–Trinajstić information content (AvgIpc) is 2.70. The van der Waals surface area contributed by atoms with Gasteiger partial charge in [-0.15, -0.1) is 0 Å². The quantitative estimate of drug-likeness (QED) is 0.712. The molecule has 1 aliphatic rings. The van der Waals surface area contributed by atoms with Crippen LogP contribution in [0.3, 0.4) is 0 Å². The van der Waals surface area contributed by atoms with Crippen molar-refractivity contribution >= 4 is 23.2 Å². The normalized spacial score (nSPS) is 15.1. The Morgan fingerprint density at radius 3 is 2.10 bits per heavy atom. The van der Waals surface area contributed by atoms with Crippen molar-refractivity contribution in [3.05, 3.63) is 59.4 Å². The summed E-state index contributed by atoms with van der Waals surface area (Å²) in [6.45, 7) is 9.65. The molecule has 7 heteroatoms. The van der Waals surface area contributed by atoms with Gasteiger partial charge < -0.3 is 10.6 Å². The molecule has 2 N–H and O–H groups in total. The molecule has 0 spiro atoms. The van der Waals surface area contributed by atoms with E-state index in [4.69, 9.17) is 0 Å². The van der Waals surface area contributed by atoms with E-state index >= 15 is 0 Å². The SMILES string of the molecule is Cc1cccc(C(C)C)c1NC(=O)CN1CCN(CC(=O)Nc2cccc(F)c2)CC1. The van der Waals surface area contributed by atoms with E-state index in [-0.39, 0.29) is 24.2 Å². The fourth-order valence-corrected chi connectivity index (χ4v) is 3.80. The van der Waals surface area contributed by atoms with Gasteiger partial charge in [0.05, 0.1) is 13.1 Å². The summed E-state index contributed by atoms with van der Waals surface area (Å²) in [5.41, 5.74) is 3.57. The van der Waals surface area contributed by atoms with Crippen LogP contribution < -0.4 is 10.6 Å². The van der Waals surface area contributed by atoms with Gasteiger partial charge in [-0.1, -0.05) is 38.1 Å². The van der Waals surface area contributed by atoms with Crippen LogP contribution in [0.15, 0.2) is 42.5 Å². The van der Waals surface area contributed by atoms with Gasteiger partial charge >= 0.3 is 0 Å². The number of benzene rings is 2. The Bertz CT molecular complexity index is 924. The lowest BCUT2D eigenvalue weighted by Crippen LogP contribution is -2.50. The van der Waals surface area contributed by atoms with Gasteiger partial charge in [0.25, 0.3) is 0 Å². The largest absolute Gasteiger partial charge is 0.325 e. The number of nitrogens with one attached hydrogen (secondary N) is 2. The molecule has 0 unspecified atom stereocenters. The predicted molar refractivity (Wildman–Crippen MR) is 122 cm³/mol.